The lowest BCUT2D eigenvalue weighted by Gasteiger charge is -2.26. The number of aromatic amines is 1. The Bertz CT molecular complexity index is 1140. The largest absolute Gasteiger partial charge is 0.484 e. The predicted molar refractivity (Wildman–Crippen MR) is 120 cm³/mol. The van der Waals surface area contributed by atoms with Gasteiger partial charge in [-0.25, -0.2) is 4.79 Å². The number of nitrogens with one attached hydrogen (secondary N) is 1. The maximum Gasteiger partial charge on any atom is 0.330 e. The van der Waals surface area contributed by atoms with E-state index in [1.54, 1.807) is 24.3 Å². The molecule has 1 heterocycles. The molecule has 31 heavy (non-hydrogen) atoms. The topological polar surface area (TPSA) is 110 Å². The molecule has 0 aliphatic heterocycles. The molecule has 0 aliphatic carbocycles. The second-order valence-corrected chi connectivity index (χ2v) is 7.56. The van der Waals surface area contributed by atoms with Gasteiger partial charge in [0.15, 0.2) is 12.3 Å². The van der Waals surface area contributed by atoms with Crippen LogP contribution >= 0.6 is 0 Å². The summed E-state index contributed by atoms with van der Waals surface area (Å²) in [5, 5.41) is 0. The van der Waals surface area contributed by atoms with E-state index >= 15 is 0 Å². The highest BCUT2D eigenvalue weighted by atomic mass is 16.5. The first kappa shape index (κ1) is 21.9. The van der Waals surface area contributed by atoms with Crippen molar-refractivity contribution in [3.8, 4) is 5.75 Å². The van der Waals surface area contributed by atoms with Gasteiger partial charge in [0.05, 0.1) is 6.54 Å². The number of nitrogens with two attached hydrogens (primary N) is 1. The third kappa shape index (κ3) is 5.42. The van der Waals surface area contributed by atoms with Crippen molar-refractivity contribution < 1.29 is 9.53 Å². The number of aromatic nitrogens is 2. The molecule has 1 amide bonds. The fourth-order valence-electron chi connectivity index (χ4n) is 3.18. The normalized spacial score (nSPS) is 10.8. The van der Waals surface area contributed by atoms with Gasteiger partial charge in [-0.3, -0.25) is 19.1 Å². The van der Waals surface area contributed by atoms with E-state index < -0.39 is 17.2 Å². The molecule has 162 valence electrons. The molecule has 0 saturated heterocycles. The van der Waals surface area contributed by atoms with Gasteiger partial charge in [0.2, 0.25) is 0 Å². The van der Waals surface area contributed by atoms with Crippen LogP contribution in [-0.2, 0) is 11.3 Å². The molecule has 0 bridgehead atoms. The molecule has 0 aliphatic rings. The quantitative estimate of drug-likeness (QED) is 0.578. The number of H-pyrrole nitrogens is 1. The monoisotopic (exact) mass is 422 g/mol. The van der Waals surface area contributed by atoms with Crippen molar-refractivity contribution in [3.63, 3.8) is 0 Å². The van der Waals surface area contributed by atoms with Gasteiger partial charge < -0.3 is 15.4 Å². The second kappa shape index (κ2) is 9.80. The van der Waals surface area contributed by atoms with Gasteiger partial charge in [-0.15, -0.1) is 0 Å². The van der Waals surface area contributed by atoms with Gasteiger partial charge >= 0.3 is 5.69 Å². The van der Waals surface area contributed by atoms with Crippen molar-refractivity contribution >= 4 is 17.4 Å². The number of nitrogen functional groups attached to an aromatic ring is 1. The fraction of sp³-hybridized carbons (Fsp3) is 0.261. The molecule has 0 atom stereocenters. The van der Waals surface area contributed by atoms with Crippen LogP contribution in [0.3, 0.4) is 0 Å². The summed E-state index contributed by atoms with van der Waals surface area (Å²) >= 11 is 0. The molecular weight excluding hydrogens is 396 g/mol. The number of hydrogen-bond donors (Lipinski definition) is 2. The van der Waals surface area contributed by atoms with Gasteiger partial charge in [0, 0.05) is 6.54 Å². The number of amides is 1. The first-order chi connectivity index (χ1) is 14.9. The van der Waals surface area contributed by atoms with Crippen molar-refractivity contribution in [2.75, 3.05) is 23.8 Å². The highest BCUT2D eigenvalue weighted by Crippen LogP contribution is 2.20. The zero-order chi connectivity index (χ0) is 22.4. The number of para-hydroxylation sites is 1. The molecule has 3 aromatic rings. The molecule has 0 saturated carbocycles. The van der Waals surface area contributed by atoms with E-state index in [1.165, 1.54) is 9.47 Å². The van der Waals surface area contributed by atoms with Crippen LogP contribution < -0.4 is 26.6 Å². The van der Waals surface area contributed by atoms with E-state index in [0.29, 0.717) is 5.75 Å². The van der Waals surface area contributed by atoms with Gasteiger partial charge in [0.25, 0.3) is 11.5 Å². The number of carbonyl (C=O) groups excluding carboxylic acids is 1. The van der Waals surface area contributed by atoms with Crippen molar-refractivity contribution in [2.45, 2.75) is 20.4 Å². The number of carbonyl (C=O) groups is 1. The Morgan fingerprint density at radius 2 is 1.68 bits per heavy atom. The number of nitrogens with zero attached hydrogens (tertiary/aromatic N) is 2. The minimum Gasteiger partial charge on any atom is -0.484 e. The maximum atomic E-state index is 13.0. The number of rotatable bonds is 8. The lowest BCUT2D eigenvalue weighted by Crippen LogP contribution is -2.44. The van der Waals surface area contributed by atoms with Gasteiger partial charge in [-0.2, -0.15) is 0 Å². The summed E-state index contributed by atoms with van der Waals surface area (Å²) in [7, 11) is 0. The molecule has 8 nitrogen and oxygen atoms in total. The van der Waals surface area contributed by atoms with E-state index in [0.717, 1.165) is 5.56 Å². The van der Waals surface area contributed by atoms with Crippen LogP contribution in [-0.4, -0.2) is 28.6 Å². The third-order valence-corrected chi connectivity index (χ3v) is 4.62. The second-order valence-electron chi connectivity index (χ2n) is 7.56. The molecule has 0 unspecified atom stereocenters. The SMILES string of the molecule is CC(C)CN(C(=O)COc1ccccc1)c1c(N)n(Cc2ccccc2)c(=O)[nH]c1=O. The summed E-state index contributed by atoms with van der Waals surface area (Å²) in [6.07, 6.45) is 0. The first-order valence-electron chi connectivity index (χ1n) is 10.0. The summed E-state index contributed by atoms with van der Waals surface area (Å²) < 4.78 is 6.82. The van der Waals surface area contributed by atoms with E-state index in [4.69, 9.17) is 10.5 Å². The molecule has 3 rings (SSSR count). The third-order valence-electron chi connectivity index (χ3n) is 4.62. The Kier molecular flexibility index (Phi) is 6.92. The lowest BCUT2D eigenvalue weighted by atomic mass is 10.2. The molecule has 0 fully saturated rings. The molecular formula is C23H26N4O4. The Morgan fingerprint density at radius 3 is 2.29 bits per heavy atom. The number of benzene rings is 2. The molecule has 1 aromatic heterocycles. The molecule has 2 aromatic carbocycles. The zero-order valence-electron chi connectivity index (χ0n) is 17.6. The predicted octanol–water partition coefficient (Wildman–Crippen LogP) is 2.24. The highest BCUT2D eigenvalue weighted by molar-refractivity contribution is 5.96. The van der Waals surface area contributed by atoms with Crippen LogP contribution in [0.1, 0.15) is 19.4 Å². The smallest absolute Gasteiger partial charge is 0.330 e. The van der Waals surface area contributed by atoms with Crippen molar-refractivity contribution in [1.82, 2.24) is 9.55 Å². The molecule has 8 heteroatoms. The Balaban J connectivity index is 1.96. The average Bonchev–Trinajstić information content (AvgIpc) is 2.75. The molecule has 3 N–H and O–H groups in total. The Labute approximate surface area is 179 Å². The first-order valence-corrected chi connectivity index (χ1v) is 10.0. The van der Waals surface area contributed by atoms with Crippen LogP contribution in [0.4, 0.5) is 11.5 Å². The van der Waals surface area contributed by atoms with E-state index in [9.17, 15) is 14.4 Å². The Hall–Kier alpha value is -3.81. The van der Waals surface area contributed by atoms with E-state index in [2.05, 4.69) is 4.98 Å². The summed E-state index contributed by atoms with van der Waals surface area (Å²) in [6, 6.07) is 18.2. The summed E-state index contributed by atoms with van der Waals surface area (Å²) in [4.78, 5) is 41.7. The number of anilines is 2. The zero-order valence-corrected chi connectivity index (χ0v) is 17.6. The minimum atomic E-state index is -0.708. The van der Waals surface area contributed by atoms with Crippen molar-refractivity contribution in [3.05, 3.63) is 87.1 Å². The number of ether oxygens (including phenoxy) is 1. The van der Waals surface area contributed by atoms with Crippen LogP contribution in [0.25, 0.3) is 0 Å². The van der Waals surface area contributed by atoms with Crippen molar-refractivity contribution in [1.29, 1.82) is 0 Å². The van der Waals surface area contributed by atoms with Crippen LogP contribution in [0.15, 0.2) is 70.3 Å². The van der Waals surface area contributed by atoms with Gasteiger partial charge in [-0.05, 0) is 23.6 Å². The standard InChI is InChI=1S/C23H26N4O4/c1-16(2)13-26(19(28)15-31-18-11-7-4-8-12-18)20-21(24)27(23(30)25-22(20)29)14-17-9-5-3-6-10-17/h3-12,16H,13-15,24H2,1-2H3,(H,25,29,30). The van der Waals surface area contributed by atoms with Gasteiger partial charge in [0.1, 0.15) is 11.6 Å². The van der Waals surface area contributed by atoms with Gasteiger partial charge in [-0.1, -0.05) is 62.4 Å². The molecule has 0 radical (unpaired) electrons. The van der Waals surface area contributed by atoms with E-state index in [-0.39, 0.29) is 37.1 Å². The lowest BCUT2D eigenvalue weighted by molar-refractivity contribution is -0.120. The Morgan fingerprint density at radius 1 is 1.06 bits per heavy atom. The van der Waals surface area contributed by atoms with Crippen LogP contribution in [0.2, 0.25) is 0 Å². The average molecular weight is 422 g/mol. The summed E-state index contributed by atoms with van der Waals surface area (Å²) in [5.74, 6) is 0.0937. The fourth-order valence-corrected chi connectivity index (χ4v) is 3.18. The summed E-state index contributed by atoms with van der Waals surface area (Å²) in [5.41, 5.74) is 5.71. The van der Waals surface area contributed by atoms with E-state index in [1.807, 2.05) is 50.2 Å². The van der Waals surface area contributed by atoms with Crippen LogP contribution in [0, 0.1) is 5.92 Å². The summed E-state index contributed by atoms with van der Waals surface area (Å²) in [6.45, 7) is 3.98. The van der Waals surface area contributed by atoms with Crippen LogP contribution in [0.5, 0.6) is 5.75 Å². The minimum absolute atomic E-state index is 0.0500. The highest BCUT2D eigenvalue weighted by Gasteiger charge is 2.25. The number of hydrogen-bond acceptors (Lipinski definition) is 5. The maximum absolute atomic E-state index is 13.0. The van der Waals surface area contributed by atoms with Crippen molar-refractivity contribution in [2.24, 2.45) is 5.92 Å². The molecule has 0 spiro atoms.